The molecule has 1 fully saturated rings. The Hall–Kier alpha value is -0.0400. The molecule has 1 N–H and O–H groups in total. The summed E-state index contributed by atoms with van der Waals surface area (Å²) in [6, 6.07) is 0. The van der Waals surface area contributed by atoms with Crippen LogP contribution in [-0.2, 0) is 0 Å². The van der Waals surface area contributed by atoms with Crippen LogP contribution in [0.5, 0.6) is 0 Å². The van der Waals surface area contributed by atoms with Crippen molar-refractivity contribution in [3.63, 3.8) is 0 Å². The predicted molar refractivity (Wildman–Crippen MR) is 93.5 cm³/mol. The SMILES string of the molecule is CCCCCCCCCCC1CC(C(C)CC)CCC1O. The molecule has 0 bridgehead atoms. The highest BCUT2D eigenvalue weighted by Crippen LogP contribution is 2.37. The highest BCUT2D eigenvalue weighted by molar-refractivity contribution is 4.81. The average Bonchev–Trinajstić information content (AvgIpc) is 2.50. The van der Waals surface area contributed by atoms with Crippen molar-refractivity contribution in [2.24, 2.45) is 17.8 Å². The molecule has 1 saturated carbocycles. The van der Waals surface area contributed by atoms with E-state index >= 15 is 0 Å². The molecular weight excluding hydrogens is 256 g/mol. The zero-order valence-electron chi connectivity index (χ0n) is 14.9. The second-order valence-corrected chi connectivity index (χ2v) is 7.55. The molecule has 0 spiro atoms. The molecule has 0 heterocycles. The van der Waals surface area contributed by atoms with Crippen molar-refractivity contribution in [3.8, 4) is 0 Å². The average molecular weight is 297 g/mol. The van der Waals surface area contributed by atoms with Gasteiger partial charge in [-0.15, -0.1) is 0 Å². The maximum Gasteiger partial charge on any atom is 0.0568 e. The van der Waals surface area contributed by atoms with Crippen LogP contribution in [0.3, 0.4) is 0 Å². The first-order valence-corrected chi connectivity index (χ1v) is 9.87. The number of aliphatic hydroxyl groups excluding tert-OH is 1. The Morgan fingerprint density at radius 3 is 2.14 bits per heavy atom. The molecule has 21 heavy (non-hydrogen) atoms. The van der Waals surface area contributed by atoms with E-state index in [4.69, 9.17) is 0 Å². The summed E-state index contributed by atoms with van der Waals surface area (Å²) in [4.78, 5) is 0. The fraction of sp³-hybridized carbons (Fsp3) is 1.00. The zero-order chi connectivity index (χ0) is 15.5. The summed E-state index contributed by atoms with van der Waals surface area (Å²) in [5.74, 6) is 2.31. The van der Waals surface area contributed by atoms with Gasteiger partial charge in [-0.25, -0.2) is 0 Å². The van der Waals surface area contributed by atoms with Crippen LogP contribution >= 0.6 is 0 Å². The van der Waals surface area contributed by atoms with Gasteiger partial charge in [0.2, 0.25) is 0 Å². The van der Waals surface area contributed by atoms with Gasteiger partial charge in [0.1, 0.15) is 0 Å². The van der Waals surface area contributed by atoms with Crippen LogP contribution < -0.4 is 0 Å². The molecule has 0 aromatic rings. The molecule has 0 amide bonds. The first-order valence-electron chi connectivity index (χ1n) is 9.87. The molecule has 0 saturated heterocycles. The van der Waals surface area contributed by atoms with Gasteiger partial charge < -0.3 is 5.11 Å². The normalized spacial score (nSPS) is 27.7. The molecule has 1 heteroatoms. The summed E-state index contributed by atoms with van der Waals surface area (Å²) in [6.07, 6.45) is 17.3. The monoisotopic (exact) mass is 296 g/mol. The maximum atomic E-state index is 10.2. The molecule has 1 aliphatic rings. The van der Waals surface area contributed by atoms with Crippen molar-refractivity contribution in [1.82, 2.24) is 0 Å². The van der Waals surface area contributed by atoms with E-state index < -0.39 is 0 Å². The lowest BCUT2D eigenvalue weighted by atomic mass is 9.72. The van der Waals surface area contributed by atoms with Crippen molar-refractivity contribution >= 4 is 0 Å². The van der Waals surface area contributed by atoms with Crippen LogP contribution in [0.4, 0.5) is 0 Å². The van der Waals surface area contributed by atoms with E-state index in [1.165, 1.54) is 77.0 Å². The Labute approximate surface area is 133 Å². The topological polar surface area (TPSA) is 20.2 Å². The van der Waals surface area contributed by atoms with Gasteiger partial charge >= 0.3 is 0 Å². The molecule has 4 atom stereocenters. The number of rotatable bonds is 11. The van der Waals surface area contributed by atoms with Gasteiger partial charge in [-0.05, 0) is 43.4 Å². The summed E-state index contributed by atoms with van der Waals surface area (Å²) >= 11 is 0. The van der Waals surface area contributed by atoms with E-state index in [2.05, 4.69) is 20.8 Å². The van der Waals surface area contributed by atoms with Crippen LogP contribution in [0.2, 0.25) is 0 Å². The van der Waals surface area contributed by atoms with Gasteiger partial charge in [0.25, 0.3) is 0 Å². The van der Waals surface area contributed by atoms with Crippen molar-refractivity contribution in [1.29, 1.82) is 0 Å². The molecule has 0 aromatic heterocycles. The molecule has 1 aliphatic carbocycles. The minimum atomic E-state index is -0.00476. The van der Waals surface area contributed by atoms with Crippen LogP contribution in [0.25, 0.3) is 0 Å². The fourth-order valence-electron chi connectivity index (χ4n) is 3.99. The van der Waals surface area contributed by atoms with Crippen LogP contribution in [0, 0.1) is 17.8 Å². The Balaban J connectivity index is 2.09. The van der Waals surface area contributed by atoms with Crippen molar-refractivity contribution in [2.75, 3.05) is 0 Å². The summed E-state index contributed by atoms with van der Waals surface area (Å²) in [5, 5.41) is 10.2. The second-order valence-electron chi connectivity index (χ2n) is 7.55. The zero-order valence-corrected chi connectivity index (χ0v) is 14.9. The van der Waals surface area contributed by atoms with Gasteiger partial charge in [-0.3, -0.25) is 0 Å². The molecule has 0 aromatic carbocycles. The first kappa shape index (κ1) is 19.0. The molecule has 1 nitrogen and oxygen atoms in total. The lowest BCUT2D eigenvalue weighted by Crippen LogP contribution is -2.31. The van der Waals surface area contributed by atoms with Crippen LogP contribution in [0.1, 0.15) is 104 Å². The molecular formula is C20H40O. The summed E-state index contributed by atoms with van der Waals surface area (Å²) in [7, 11) is 0. The quantitative estimate of drug-likeness (QED) is 0.441. The van der Waals surface area contributed by atoms with E-state index in [9.17, 15) is 5.11 Å². The van der Waals surface area contributed by atoms with Crippen molar-refractivity contribution in [3.05, 3.63) is 0 Å². The second kappa shape index (κ2) is 11.5. The first-order chi connectivity index (χ1) is 10.2. The van der Waals surface area contributed by atoms with E-state index in [0.29, 0.717) is 5.92 Å². The Bertz CT molecular complexity index is 238. The largest absolute Gasteiger partial charge is 0.393 e. The van der Waals surface area contributed by atoms with Gasteiger partial charge in [0.05, 0.1) is 6.10 Å². The van der Waals surface area contributed by atoms with E-state index in [1.54, 1.807) is 0 Å². The summed E-state index contributed by atoms with van der Waals surface area (Å²) in [6.45, 7) is 6.99. The van der Waals surface area contributed by atoms with Crippen LogP contribution in [-0.4, -0.2) is 11.2 Å². The third kappa shape index (κ3) is 7.68. The Kier molecular flexibility index (Phi) is 10.4. The number of hydrogen-bond donors (Lipinski definition) is 1. The third-order valence-electron chi connectivity index (χ3n) is 5.86. The molecule has 4 unspecified atom stereocenters. The molecule has 0 aliphatic heterocycles. The van der Waals surface area contributed by atoms with E-state index in [-0.39, 0.29) is 6.10 Å². The molecule has 0 radical (unpaired) electrons. The number of aliphatic hydroxyl groups is 1. The van der Waals surface area contributed by atoms with Gasteiger partial charge in [0, 0.05) is 0 Å². The lowest BCUT2D eigenvalue weighted by molar-refractivity contribution is 0.0299. The van der Waals surface area contributed by atoms with Crippen LogP contribution in [0.15, 0.2) is 0 Å². The highest BCUT2D eigenvalue weighted by atomic mass is 16.3. The minimum Gasteiger partial charge on any atom is -0.393 e. The third-order valence-corrected chi connectivity index (χ3v) is 5.86. The Morgan fingerprint density at radius 1 is 0.905 bits per heavy atom. The fourth-order valence-corrected chi connectivity index (χ4v) is 3.99. The standard InChI is InChI=1S/C20H40O/c1-4-6-7-8-9-10-11-12-13-19-16-18(17(3)5-2)14-15-20(19)21/h17-21H,4-16H2,1-3H3. The predicted octanol–water partition coefficient (Wildman–Crippen LogP) is 6.34. The van der Waals surface area contributed by atoms with Gasteiger partial charge in [-0.2, -0.15) is 0 Å². The Morgan fingerprint density at radius 2 is 1.52 bits per heavy atom. The summed E-state index contributed by atoms with van der Waals surface area (Å²) < 4.78 is 0. The van der Waals surface area contributed by atoms with Crippen molar-refractivity contribution < 1.29 is 5.11 Å². The highest BCUT2D eigenvalue weighted by Gasteiger charge is 2.30. The minimum absolute atomic E-state index is 0.00476. The van der Waals surface area contributed by atoms with Gasteiger partial charge in [0.15, 0.2) is 0 Å². The lowest BCUT2D eigenvalue weighted by Gasteiger charge is -2.36. The molecule has 1 rings (SSSR count). The maximum absolute atomic E-state index is 10.2. The van der Waals surface area contributed by atoms with Crippen molar-refractivity contribution in [2.45, 2.75) is 110 Å². The number of hydrogen-bond acceptors (Lipinski definition) is 1. The molecule has 126 valence electrons. The van der Waals surface area contributed by atoms with E-state index in [0.717, 1.165) is 18.3 Å². The summed E-state index contributed by atoms with van der Waals surface area (Å²) in [5.41, 5.74) is 0. The van der Waals surface area contributed by atoms with Gasteiger partial charge in [-0.1, -0.05) is 78.6 Å². The number of unbranched alkanes of at least 4 members (excludes halogenated alkanes) is 7. The smallest absolute Gasteiger partial charge is 0.0568 e. The van der Waals surface area contributed by atoms with E-state index in [1.807, 2.05) is 0 Å².